The molecular weight excluding hydrogens is 483 g/mol. The fraction of sp³-hybridized carbons (Fsp3) is 0.440. The average molecular weight is 512 g/mol. The maximum atomic E-state index is 13.2. The van der Waals surface area contributed by atoms with E-state index in [0.29, 0.717) is 20.8 Å². The number of carbonyl (C=O) groups excluding carboxylic acids is 2. The fourth-order valence-electron chi connectivity index (χ4n) is 3.92. The molecule has 0 spiro atoms. The molecule has 0 saturated heterocycles. The molecule has 1 atom stereocenters. The van der Waals surface area contributed by atoms with Crippen molar-refractivity contribution in [3.05, 3.63) is 62.6 Å². The second kappa shape index (κ2) is 12.0. The third-order valence-electron chi connectivity index (χ3n) is 5.95. The first-order chi connectivity index (χ1) is 15.7. The van der Waals surface area contributed by atoms with Gasteiger partial charge in [0.1, 0.15) is 11.8 Å². The van der Waals surface area contributed by atoms with Gasteiger partial charge in [-0.15, -0.1) is 0 Å². The lowest BCUT2D eigenvalue weighted by Crippen LogP contribution is -2.51. The zero-order valence-electron chi connectivity index (χ0n) is 18.9. The Labute approximate surface area is 210 Å². The summed E-state index contributed by atoms with van der Waals surface area (Å²) in [6.45, 7) is 3.60. The molecule has 5 nitrogen and oxygen atoms in total. The molecule has 8 heteroatoms. The number of amides is 2. The largest absolute Gasteiger partial charge is 0.484 e. The Morgan fingerprint density at radius 1 is 1.03 bits per heavy atom. The van der Waals surface area contributed by atoms with E-state index < -0.39 is 6.04 Å². The zero-order chi connectivity index (χ0) is 24.0. The molecule has 0 aliphatic heterocycles. The van der Waals surface area contributed by atoms with Crippen LogP contribution in [0.1, 0.15) is 50.2 Å². The van der Waals surface area contributed by atoms with Crippen LogP contribution >= 0.6 is 34.8 Å². The number of hydrogen-bond donors (Lipinski definition) is 1. The first-order valence-electron chi connectivity index (χ1n) is 11.2. The molecule has 1 aliphatic carbocycles. The van der Waals surface area contributed by atoms with Gasteiger partial charge in [0, 0.05) is 17.6 Å². The molecule has 0 bridgehead atoms. The summed E-state index contributed by atoms with van der Waals surface area (Å²) < 4.78 is 5.72. The molecule has 0 aromatic heterocycles. The Hall–Kier alpha value is -1.95. The van der Waals surface area contributed by atoms with Crippen molar-refractivity contribution >= 4 is 46.6 Å². The van der Waals surface area contributed by atoms with Crippen molar-refractivity contribution in [3.8, 4) is 5.75 Å². The van der Waals surface area contributed by atoms with Crippen LogP contribution in [0.25, 0.3) is 0 Å². The first-order valence-corrected chi connectivity index (χ1v) is 12.3. The van der Waals surface area contributed by atoms with Crippen LogP contribution in [0.2, 0.25) is 15.1 Å². The molecule has 1 N–H and O–H groups in total. The molecular formula is C25H29Cl3N2O3. The molecule has 1 saturated carbocycles. The second-order valence-electron chi connectivity index (χ2n) is 8.49. The van der Waals surface area contributed by atoms with E-state index in [9.17, 15) is 9.59 Å². The highest BCUT2D eigenvalue weighted by Crippen LogP contribution is 2.25. The van der Waals surface area contributed by atoms with Crippen molar-refractivity contribution in [1.82, 2.24) is 10.2 Å². The van der Waals surface area contributed by atoms with Crippen LogP contribution in [0.5, 0.6) is 5.75 Å². The third-order valence-corrected chi connectivity index (χ3v) is 7.11. The first kappa shape index (κ1) is 25.7. The smallest absolute Gasteiger partial charge is 0.261 e. The van der Waals surface area contributed by atoms with Crippen LogP contribution in [0.3, 0.4) is 0 Å². The molecule has 0 radical (unpaired) electrons. The SMILES string of the molecule is Cc1cc(OCC(=O)N(Cc2ccc(Cl)c(Cl)c2)[C@@H](C)C(=O)NC2CCCCC2)ccc1Cl. The summed E-state index contributed by atoms with van der Waals surface area (Å²) in [5.41, 5.74) is 1.63. The Morgan fingerprint density at radius 3 is 2.39 bits per heavy atom. The van der Waals surface area contributed by atoms with Gasteiger partial charge in [-0.05, 0) is 68.1 Å². The van der Waals surface area contributed by atoms with E-state index >= 15 is 0 Å². The van der Waals surface area contributed by atoms with Gasteiger partial charge >= 0.3 is 0 Å². The van der Waals surface area contributed by atoms with Gasteiger partial charge in [-0.25, -0.2) is 0 Å². The minimum Gasteiger partial charge on any atom is -0.484 e. The molecule has 0 heterocycles. The summed E-state index contributed by atoms with van der Waals surface area (Å²) >= 11 is 18.3. The Balaban J connectivity index is 1.73. The number of nitrogens with one attached hydrogen (secondary N) is 1. The number of hydrogen-bond acceptors (Lipinski definition) is 3. The van der Waals surface area contributed by atoms with Gasteiger partial charge in [-0.3, -0.25) is 9.59 Å². The average Bonchev–Trinajstić information content (AvgIpc) is 2.80. The van der Waals surface area contributed by atoms with Crippen LogP contribution < -0.4 is 10.1 Å². The van der Waals surface area contributed by atoms with E-state index in [1.807, 2.05) is 6.92 Å². The lowest BCUT2D eigenvalue weighted by Gasteiger charge is -2.31. The van der Waals surface area contributed by atoms with Crippen molar-refractivity contribution in [2.75, 3.05) is 6.61 Å². The molecule has 2 amide bonds. The van der Waals surface area contributed by atoms with Gasteiger partial charge in [0.25, 0.3) is 5.91 Å². The van der Waals surface area contributed by atoms with Crippen molar-refractivity contribution in [3.63, 3.8) is 0 Å². The van der Waals surface area contributed by atoms with Crippen molar-refractivity contribution < 1.29 is 14.3 Å². The topological polar surface area (TPSA) is 58.6 Å². The summed E-state index contributed by atoms with van der Waals surface area (Å²) in [4.78, 5) is 27.7. The van der Waals surface area contributed by atoms with Gasteiger partial charge in [0.05, 0.1) is 10.0 Å². The van der Waals surface area contributed by atoms with Gasteiger partial charge in [-0.1, -0.05) is 60.1 Å². The second-order valence-corrected chi connectivity index (χ2v) is 9.71. The number of halogens is 3. The number of benzene rings is 2. The van der Waals surface area contributed by atoms with Gasteiger partial charge in [0.15, 0.2) is 6.61 Å². The number of carbonyl (C=O) groups is 2. The predicted molar refractivity (Wildman–Crippen MR) is 133 cm³/mol. The molecule has 1 fully saturated rings. The Kier molecular flexibility index (Phi) is 9.30. The molecule has 0 unspecified atom stereocenters. The highest BCUT2D eigenvalue weighted by atomic mass is 35.5. The summed E-state index contributed by atoms with van der Waals surface area (Å²) in [5, 5.41) is 4.57. The summed E-state index contributed by atoms with van der Waals surface area (Å²) in [6, 6.07) is 9.88. The maximum absolute atomic E-state index is 13.2. The van der Waals surface area contributed by atoms with Crippen LogP contribution in [0, 0.1) is 6.92 Å². The van der Waals surface area contributed by atoms with Crippen molar-refractivity contribution in [1.29, 1.82) is 0 Å². The number of rotatable bonds is 8. The fourth-order valence-corrected chi connectivity index (χ4v) is 4.36. The number of ether oxygens (including phenoxy) is 1. The lowest BCUT2D eigenvalue weighted by molar-refractivity contribution is -0.142. The van der Waals surface area contributed by atoms with Crippen LogP contribution in [0.15, 0.2) is 36.4 Å². The molecule has 178 valence electrons. The minimum atomic E-state index is -0.676. The molecule has 33 heavy (non-hydrogen) atoms. The van der Waals surface area contributed by atoms with E-state index in [1.165, 1.54) is 11.3 Å². The lowest BCUT2D eigenvalue weighted by atomic mass is 9.95. The zero-order valence-corrected chi connectivity index (χ0v) is 21.1. The normalized spacial score (nSPS) is 15.1. The number of nitrogens with zero attached hydrogens (tertiary/aromatic N) is 1. The molecule has 1 aliphatic rings. The van der Waals surface area contributed by atoms with Crippen LogP contribution in [0.4, 0.5) is 0 Å². The summed E-state index contributed by atoms with van der Waals surface area (Å²) in [6.07, 6.45) is 5.36. The van der Waals surface area contributed by atoms with Gasteiger partial charge in [0.2, 0.25) is 5.91 Å². The number of aryl methyl sites for hydroxylation is 1. The van der Waals surface area contributed by atoms with E-state index in [4.69, 9.17) is 39.5 Å². The minimum absolute atomic E-state index is 0.156. The third kappa shape index (κ3) is 7.26. The van der Waals surface area contributed by atoms with Crippen LogP contribution in [-0.4, -0.2) is 35.4 Å². The summed E-state index contributed by atoms with van der Waals surface area (Å²) in [7, 11) is 0. The van der Waals surface area contributed by atoms with E-state index in [1.54, 1.807) is 43.3 Å². The molecule has 2 aromatic rings. The Morgan fingerprint density at radius 2 is 1.73 bits per heavy atom. The molecule has 3 rings (SSSR count). The van der Waals surface area contributed by atoms with E-state index in [-0.39, 0.29) is 31.0 Å². The standard InChI is InChI=1S/C25H29Cl3N2O3/c1-16-12-20(9-11-21(16)26)33-15-24(31)30(14-18-8-10-22(27)23(28)13-18)17(2)25(32)29-19-6-4-3-5-7-19/h8-13,17,19H,3-7,14-15H2,1-2H3,(H,29,32)/t17-/m0/s1. The quantitative estimate of drug-likeness (QED) is 0.459. The van der Waals surface area contributed by atoms with E-state index in [0.717, 1.165) is 36.8 Å². The maximum Gasteiger partial charge on any atom is 0.261 e. The Bertz CT molecular complexity index is 993. The van der Waals surface area contributed by atoms with Gasteiger partial charge in [-0.2, -0.15) is 0 Å². The van der Waals surface area contributed by atoms with Crippen LogP contribution in [-0.2, 0) is 16.1 Å². The highest BCUT2D eigenvalue weighted by molar-refractivity contribution is 6.42. The van der Waals surface area contributed by atoms with Gasteiger partial charge < -0.3 is 15.0 Å². The highest BCUT2D eigenvalue weighted by Gasteiger charge is 2.28. The monoisotopic (exact) mass is 510 g/mol. The van der Waals surface area contributed by atoms with Crippen molar-refractivity contribution in [2.24, 2.45) is 0 Å². The molecule has 2 aromatic carbocycles. The van der Waals surface area contributed by atoms with E-state index in [2.05, 4.69) is 5.32 Å². The summed E-state index contributed by atoms with van der Waals surface area (Å²) in [5.74, 6) is 0.0664. The van der Waals surface area contributed by atoms with Crippen molar-refractivity contribution in [2.45, 2.75) is 64.6 Å². The predicted octanol–water partition coefficient (Wildman–Crippen LogP) is 6.20.